The van der Waals surface area contributed by atoms with Crippen LogP contribution in [0.5, 0.6) is 5.88 Å². The van der Waals surface area contributed by atoms with Gasteiger partial charge in [0.1, 0.15) is 23.9 Å². The highest BCUT2D eigenvalue weighted by Gasteiger charge is 2.51. The number of halogens is 1. The van der Waals surface area contributed by atoms with Crippen LogP contribution in [-0.2, 0) is 9.47 Å². The number of aromatic nitrogens is 2. The normalized spacial score (nSPS) is 28.1. The van der Waals surface area contributed by atoms with Crippen LogP contribution in [0.4, 0.5) is 16.3 Å². The molecule has 1 saturated carbocycles. The predicted octanol–water partition coefficient (Wildman–Crippen LogP) is 4.85. The average Bonchev–Trinajstić information content (AvgIpc) is 3.57. The van der Waals surface area contributed by atoms with Gasteiger partial charge in [0.25, 0.3) is 0 Å². The third-order valence-corrected chi connectivity index (χ3v) is 7.84. The lowest BCUT2D eigenvalue weighted by Crippen LogP contribution is -2.63. The van der Waals surface area contributed by atoms with Crippen molar-refractivity contribution in [2.24, 2.45) is 11.8 Å². The van der Waals surface area contributed by atoms with Gasteiger partial charge in [0.05, 0.1) is 40.1 Å². The van der Waals surface area contributed by atoms with E-state index in [4.69, 9.17) is 31.1 Å². The number of ether oxygens (including phenoxy) is 3. The van der Waals surface area contributed by atoms with Crippen LogP contribution in [-0.4, -0.2) is 58.0 Å². The van der Waals surface area contributed by atoms with E-state index >= 15 is 0 Å². The van der Waals surface area contributed by atoms with Crippen LogP contribution >= 0.6 is 11.6 Å². The van der Waals surface area contributed by atoms with E-state index in [1.807, 2.05) is 27.7 Å². The van der Waals surface area contributed by atoms with Crippen molar-refractivity contribution in [3.05, 3.63) is 40.7 Å². The Balaban J connectivity index is 1.35. The average molecular weight is 512 g/mol. The molecule has 9 nitrogen and oxygen atoms in total. The Morgan fingerprint density at radius 1 is 1.25 bits per heavy atom. The Labute approximate surface area is 215 Å². The van der Waals surface area contributed by atoms with Crippen LogP contribution in [0.3, 0.4) is 0 Å². The monoisotopic (exact) mass is 511 g/mol. The first-order chi connectivity index (χ1) is 17.2. The molecule has 2 aliphatic heterocycles. The molecule has 1 aromatic heterocycles. The molecule has 3 heterocycles. The summed E-state index contributed by atoms with van der Waals surface area (Å²) in [6.07, 6.45) is 2.66. The quantitative estimate of drug-likeness (QED) is 0.607. The molecule has 3 aliphatic rings. The van der Waals surface area contributed by atoms with Gasteiger partial charge in [0.2, 0.25) is 5.88 Å². The SMILES string of the molecule is Cc1c(Nc2ccc(C#N)cc2Cl)ncnc1OC1C2CN(C(=O)OC3(C)CC3)CC1C(C)OC2C. The molecule has 2 bridgehead atoms. The van der Waals surface area contributed by atoms with Crippen molar-refractivity contribution in [2.45, 2.75) is 64.4 Å². The fraction of sp³-hybridized carbons (Fsp3) is 0.538. The van der Waals surface area contributed by atoms with Crippen molar-refractivity contribution in [1.82, 2.24) is 14.9 Å². The molecule has 0 spiro atoms. The summed E-state index contributed by atoms with van der Waals surface area (Å²) in [6.45, 7) is 8.91. The highest BCUT2D eigenvalue weighted by molar-refractivity contribution is 6.33. The van der Waals surface area contributed by atoms with Crippen LogP contribution in [0, 0.1) is 30.1 Å². The molecule has 3 fully saturated rings. The smallest absolute Gasteiger partial charge is 0.410 e. The van der Waals surface area contributed by atoms with Crippen LogP contribution in [0.25, 0.3) is 0 Å². The Bertz CT molecular complexity index is 1200. The number of hydrogen-bond acceptors (Lipinski definition) is 8. The second-order valence-electron chi connectivity index (χ2n) is 10.3. The molecule has 1 aromatic carbocycles. The highest BCUT2D eigenvalue weighted by Crippen LogP contribution is 2.42. The molecule has 2 saturated heterocycles. The Morgan fingerprint density at radius 3 is 2.56 bits per heavy atom. The van der Waals surface area contributed by atoms with Gasteiger partial charge in [0.15, 0.2) is 0 Å². The van der Waals surface area contributed by atoms with E-state index in [0.717, 1.165) is 18.4 Å². The van der Waals surface area contributed by atoms with Crippen molar-refractivity contribution < 1.29 is 19.0 Å². The minimum Gasteiger partial charge on any atom is -0.473 e. The first-order valence-corrected chi connectivity index (χ1v) is 12.6. The number of nitrogens with one attached hydrogen (secondary N) is 1. The second-order valence-corrected chi connectivity index (χ2v) is 10.7. The minimum absolute atomic E-state index is 0.0294. The fourth-order valence-corrected chi connectivity index (χ4v) is 5.21. The number of hydrogen-bond donors (Lipinski definition) is 1. The third kappa shape index (κ3) is 4.80. The van der Waals surface area contributed by atoms with E-state index in [1.54, 1.807) is 23.1 Å². The summed E-state index contributed by atoms with van der Waals surface area (Å²) in [5.74, 6) is 0.976. The number of anilines is 2. The Hall–Kier alpha value is -3.09. The second kappa shape index (κ2) is 9.41. The number of fused-ring (bicyclic) bond motifs is 2. The minimum atomic E-state index is -0.313. The van der Waals surface area contributed by atoms with Gasteiger partial charge in [-0.3, -0.25) is 0 Å². The van der Waals surface area contributed by atoms with Gasteiger partial charge in [-0.15, -0.1) is 0 Å². The number of likely N-dealkylation sites (tertiary alicyclic amines) is 1. The Kier molecular flexibility index (Phi) is 6.43. The molecule has 2 aromatic rings. The topological polar surface area (TPSA) is 110 Å². The molecule has 0 radical (unpaired) electrons. The number of nitrogens with zero attached hydrogens (tertiary/aromatic N) is 4. The van der Waals surface area contributed by atoms with Gasteiger partial charge in [-0.05, 0) is 58.7 Å². The molecule has 4 unspecified atom stereocenters. The lowest BCUT2D eigenvalue weighted by molar-refractivity contribution is -0.181. The van der Waals surface area contributed by atoms with Gasteiger partial charge >= 0.3 is 6.09 Å². The number of nitriles is 1. The van der Waals surface area contributed by atoms with Crippen LogP contribution < -0.4 is 10.1 Å². The van der Waals surface area contributed by atoms with E-state index < -0.39 is 0 Å². The van der Waals surface area contributed by atoms with E-state index in [9.17, 15) is 4.79 Å². The lowest BCUT2D eigenvalue weighted by Gasteiger charge is -2.51. The molecular weight excluding hydrogens is 482 g/mol. The van der Waals surface area contributed by atoms with Crippen molar-refractivity contribution in [3.63, 3.8) is 0 Å². The zero-order chi connectivity index (χ0) is 25.6. The number of amides is 1. The van der Waals surface area contributed by atoms with Crippen molar-refractivity contribution in [1.29, 1.82) is 5.26 Å². The summed E-state index contributed by atoms with van der Waals surface area (Å²) < 4.78 is 18.5. The molecule has 1 N–H and O–H groups in total. The van der Waals surface area contributed by atoms with Crippen LogP contribution in [0.1, 0.15) is 44.7 Å². The Morgan fingerprint density at radius 2 is 1.94 bits per heavy atom. The van der Waals surface area contributed by atoms with Gasteiger partial charge in [-0.1, -0.05) is 11.6 Å². The maximum atomic E-state index is 12.9. The van der Waals surface area contributed by atoms with Crippen molar-refractivity contribution >= 4 is 29.2 Å². The third-order valence-electron chi connectivity index (χ3n) is 7.52. The number of piperidine rings is 1. The first kappa shape index (κ1) is 24.6. The van der Waals surface area contributed by atoms with Gasteiger partial charge in [0, 0.05) is 24.9 Å². The summed E-state index contributed by atoms with van der Waals surface area (Å²) in [5.41, 5.74) is 1.53. The van der Waals surface area contributed by atoms with Crippen LogP contribution in [0.15, 0.2) is 24.5 Å². The number of benzene rings is 1. The largest absolute Gasteiger partial charge is 0.473 e. The zero-order valence-electron chi connectivity index (χ0n) is 20.8. The van der Waals surface area contributed by atoms with Crippen LogP contribution in [0.2, 0.25) is 5.02 Å². The summed E-state index contributed by atoms with van der Waals surface area (Å²) >= 11 is 6.34. The zero-order valence-corrected chi connectivity index (χ0v) is 21.6. The predicted molar refractivity (Wildman–Crippen MR) is 133 cm³/mol. The lowest BCUT2D eigenvalue weighted by atomic mass is 9.77. The van der Waals surface area contributed by atoms with Gasteiger partial charge in [-0.25, -0.2) is 14.8 Å². The van der Waals surface area contributed by atoms with Crippen molar-refractivity contribution in [3.8, 4) is 11.9 Å². The van der Waals surface area contributed by atoms with E-state index in [2.05, 4.69) is 21.4 Å². The number of carbonyl (C=O) groups is 1. The molecular formula is C26H30ClN5O4. The molecule has 10 heteroatoms. The van der Waals surface area contributed by atoms with E-state index in [1.165, 1.54) is 6.33 Å². The summed E-state index contributed by atoms with van der Waals surface area (Å²) in [7, 11) is 0. The molecule has 4 atom stereocenters. The number of carbonyl (C=O) groups excluding carboxylic acids is 1. The standard InChI is InChI=1S/C26H30ClN5O4/c1-14-23(31-21-6-5-17(10-28)9-20(21)27)29-13-30-24(14)35-22-18-11-32(25(33)36-26(4)7-8-26)12-19(22)16(3)34-15(18)2/h5-6,9,13,15-16,18-19,22H,7-8,11-12H2,1-4H3,(H,29,30,31). The van der Waals surface area contributed by atoms with E-state index in [0.29, 0.717) is 41.1 Å². The summed E-state index contributed by atoms with van der Waals surface area (Å²) in [6, 6.07) is 7.11. The van der Waals surface area contributed by atoms with Gasteiger partial charge < -0.3 is 24.4 Å². The maximum absolute atomic E-state index is 12.9. The molecule has 1 aliphatic carbocycles. The molecule has 190 valence electrons. The van der Waals surface area contributed by atoms with Crippen molar-refractivity contribution in [2.75, 3.05) is 18.4 Å². The molecule has 1 amide bonds. The highest BCUT2D eigenvalue weighted by atomic mass is 35.5. The molecule has 5 rings (SSSR count). The van der Waals surface area contributed by atoms with E-state index in [-0.39, 0.29) is 41.8 Å². The number of rotatable bonds is 5. The molecule has 36 heavy (non-hydrogen) atoms. The first-order valence-electron chi connectivity index (χ1n) is 12.3. The summed E-state index contributed by atoms with van der Waals surface area (Å²) in [4.78, 5) is 23.5. The van der Waals surface area contributed by atoms with Gasteiger partial charge in [-0.2, -0.15) is 5.26 Å². The fourth-order valence-electron chi connectivity index (χ4n) is 4.98. The maximum Gasteiger partial charge on any atom is 0.410 e. The summed E-state index contributed by atoms with van der Waals surface area (Å²) in [5, 5.41) is 12.7.